The number of amides is 2. The van der Waals surface area contributed by atoms with Crippen molar-refractivity contribution in [1.82, 2.24) is 5.43 Å². The summed E-state index contributed by atoms with van der Waals surface area (Å²) in [4.78, 5) is 24.7. The summed E-state index contributed by atoms with van der Waals surface area (Å²) in [7, 11) is 0. The smallest absolute Gasteiger partial charge is 0.271 e. The Balaban J connectivity index is 1.72. The number of rotatable bonds is 11. The molecule has 1 aliphatic carbocycles. The average molecular weight is 454 g/mol. The molecule has 8 nitrogen and oxygen atoms in total. The molecule has 176 valence electrons. The normalized spacial score (nSPS) is 13.3. The summed E-state index contributed by atoms with van der Waals surface area (Å²) >= 11 is 0. The highest BCUT2D eigenvalue weighted by Gasteiger charge is 2.29. The van der Waals surface area contributed by atoms with E-state index in [0.29, 0.717) is 48.3 Å². The Hall–Kier alpha value is -3.55. The Labute approximate surface area is 194 Å². The molecule has 0 atom stereocenters. The molecule has 0 spiro atoms. The van der Waals surface area contributed by atoms with E-state index in [0.717, 1.165) is 24.1 Å². The number of hydrogen-bond acceptors (Lipinski definition) is 6. The summed E-state index contributed by atoms with van der Waals surface area (Å²) in [5.41, 5.74) is 5.14. The van der Waals surface area contributed by atoms with E-state index in [4.69, 9.17) is 14.2 Å². The number of benzene rings is 2. The molecule has 1 aliphatic rings. The molecule has 1 saturated carbocycles. The third-order valence-corrected chi connectivity index (χ3v) is 5.01. The number of nitrogens with zero attached hydrogens (tertiary/aromatic N) is 1. The number of carbonyl (C=O) groups is 2. The predicted octanol–water partition coefficient (Wildman–Crippen LogP) is 4.39. The Morgan fingerprint density at radius 3 is 2.00 bits per heavy atom. The summed E-state index contributed by atoms with van der Waals surface area (Å²) < 4.78 is 17.0. The molecule has 3 rings (SSSR count). The molecule has 33 heavy (non-hydrogen) atoms. The van der Waals surface area contributed by atoms with Gasteiger partial charge < -0.3 is 19.5 Å². The van der Waals surface area contributed by atoms with Crippen molar-refractivity contribution in [3.05, 3.63) is 47.5 Å². The molecule has 2 N–H and O–H groups in total. The third kappa shape index (κ3) is 6.47. The van der Waals surface area contributed by atoms with E-state index in [2.05, 4.69) is 15.8 Å². The highest BCUT2D eigenvalue weighted by molar-refractivity contribution is 6.02. The fourth-order valence-electron chi connectivity index (χ4n) is 3.17. The summed E-state index contributed by atoms with van der Waals surface area (Å²) in [5, 5.41) is 7.13. The van der Waals surface area contributed by atoms with Gasteiger partial charge in [0.2, 0.25) is 11.7 Å². The van der Waals surface area contributed by atoms with E-state index in [1.165, 1.54) is 0 Å². The fraction of sp³-hybridized carbons (Fsp3) is 0.400. The maximum absolute atomic E-state index is 12.8. The standard InChI is InChI=1S/C25H31N3O5/c1-5-31-21-14-19(15-22(32-6-2)23(21)33-7-3)25(30)28-27-16(4)17-10-12-20(13-11-17)26-24(29)18-8-9-18/h10-15,18H,5-9H2,1-4H3,(H,26,29)(H,28,30). The van der Waals surface area contributed by atoms with Gasteiger partial charge >= 0.3 is 0 Å². The van der Waals surface area contributed by atoms with Gasteiger partial charge in [0, 0.05) is 17.2 Å². The van der Waals surface area contributed by atoms with Crippen LogP contribution >= 0.6 is 0 Å². The molecule has 0 aromatic heterocycles. The van der Waals surface area contributed by atoms with Gasteiger partial charge in [-0.3, -0.25) is 9.59 Å². The first kappa shape index (κ1) is 24.1. The lowest BCUT2D eigenvalue weighted by Crippen LogP contribution is -2.20. The van der Waals surface area contributed by atoms with Crippen LogP contribution in [-0.2, 0) is 4.79 Å². The zero-order valence-electron chi connectivity index (χ0n) is 19.6. The quantitative estimate of drug-likeness (QED) is 0.389. The lowest BCUT2D eigenvalue weighted by atomic mass is 10.1. The van der Waals surface area contributed by atoms with Crippen LogP contribution < -0.4 is 25.0 Å². The minimum atomic E-state index is -0.396. The summed E-state index contributed by atoms with van der Waals surface area (Å²) in [6, 6.07) is 10.6. The molecule has 1 fully saturated rings. The topological polar surface area (TPSA) is 98.2 Å². The van der Waals surface area contributed by atoms with Crippen LogP contribution in [0, 0.1) is 5.92 Å². The predicted molar refractivity (Wildman–Crippen MR) is 127 cm³/mol. The molecular formula is C25H31N3O5. The van der Waals surface area contributed by atoms with Crippen LogP contribution in [-0.4, -0.2) is 37.3 Å². The van der Waals surface area contributed by atoms with Crippen LogP contribution in [0.2, 0.25) is 0 Å². The molecule has 0 heterocycles. The van der Waals surface area contributed by atoms with E-state index in [-0.39, 0.29) is 11.8 Å². The van der Waals surface area contributed by atoms with Gasteiger partial charge in [-0.25, -0.2) is 5.43 Å². The number of carbonyl (C=O) groups excluding carboxylic acids is 2. The molecule has 8 heteroatoms. The van der Waals surface area contributed by atoms with Crippen LogP contribution in [0.25, 0.3) is 0 Å². The van der Waals surface area contributed by atoms with Gasteiger partial charge in [0.15, 0.2) is 11.5 Å². The average Bonchev–Trinajstić information content (AvgIpc) is 3.65. The van der Waals surface area contributed by atoms with E-state index in [9.17, 15) is 9.59 Å². The van der Waals surface area contributed by atoms with Crippen LogP contribution in [0.4, 0.5) is 5.69 Å². The summed E-state index contributed by atoms with van der Waals surface area (Å²) in [6.07, 6.45) is 1.92. The lowest BCUT2D eigenvalue weighted by Gasteiger charge is -2.16. The molecule has 0 radical (unpaired) electrons. The summed E-state index contributed by atoms with van der Waals surface area (Å²) in [6.45, 7) is 8.68. The van der Waals surface area contributed by atoms with Crippen LogP contribution in [0.5, 0.6) is 17.2 Å². The van der Waals surface area contributed by atoms with E-state index >= 15 is 0 Å². The van der Waals surface area contributed by atoms with Gasteiger partial charge in [-0.2, -0.15) is 5.10 Å². The third-order valence-electron chi connectivity index (χ3n) is 5.01. The van der Waals surface area contributed by atoms with Gasteiger partial charge in [-0.15, -0.1) is 0 Å². The zero-order valence-corrected chi connectivity index (χ0v) is 19.6. The fourth-order valence-corrected chi connectivity index (χ4v) is 3.17. The minimum Gasteiger partial charge on any atom is -0.490 e. The number of anilines is 1. The second-order valence-corrected chi connectivity index (χ2v) is 7.58. The largest absolute Gasteiger partial charge is 0.490 e. The number of hydrazone groups is 1. The van der Waals surface area contributed by atoms with E-state index < -0.39 is 5.91 Å². The van der Waals surface area contributed by atoms with Gasteiger partial charge in [-0.05, 0) is 70.4 Å². The first-order valence-corrected chi connectivity index (χ1v) is 11.3. The molecule has 2 aromatic rings. The second kappa shape index (κ2) is 11.4. The first-order chi connectivity index (χ1) is 16.0. The molecule has 0 bridgehead atoms. The van der Waals surface area contributed by atoms with Crippen molar-refractivity contribution in [2.45, 2.75) is 40.5 Å². The molecule has 0 aliphatic heterocycles. The Morgan fingerprint density at radius 1 is 0.909 bits per heavy atom. The highest BCUT2D eigenvalue weighted by Crippen LogP contribution is 2.39. The van der Waals surface area contributed by atoms with Crippen molar-refractivity contribution in [2.24, 2.45) is 11.0 Å². The summed E-state index contributed by atoms with van der Waals surface area (Å²) in [5.74, 6) is 1.18. The van der Waals surface area contributed by atoms with Crippen molar-refractivity contribution < 1.29 is 23.8 Å². The van der Waals surface area contributed by atoms with Crippen molar-refractivity contribution in [2.75, 3.05) is 25.1 Å². The molecule has 2 amide bonds. The first-order valence-electron chi connectivity index (χ1n) is 11.3. The monoisotopic (exact) mass is 453 g/mol. The number of ether oxygens (including phenoxy) is 3. The van der Waals surface area contributed by atoms with Crippen LogP contribution in [0.1, 0.15) is 56.5 Å². The SMILES string of the molecule is CCOc1cc(C(=O)NN=C(C)c2ccc(NC(=O)C3CC3)cc2)cc(OCC)c1OCC. The highest BCUT2D eigenvalue weighted by atomic mass is 16.5. The van der Waals surface area contributed by atoms with Gasteiger partial charge in [-0.1, -0.05) is 12.1 Å². The van der Waals surface area contributed by atoms with Crippen LogP contribution in [0.3, 0.4) is 0 Å². The van der Waals surface area contributed by atoms with Crippen molar-refractivity contribution in [3.8, 4) is 17.2 Å². The molecular weight excluding hydrogens is 422 g/mol. The number of hydrogen-bond donors (Lipinski definition) is 2. The number of nitrogens with one attached hydrogen (secondary N) is 2. The van der Waals surface area contributed by atoms with Crippen molar-refractivity contribution in [3.63, 3.8) is 0 Å². The minimum absolute atomic E-state index is 0.0635. The zero-order chi connectivity index (χ0) is 23.8. The van der Waals surface area contributed by atoms with Gasteiger partial charge in [0.05, 0.1) is 25.5 Å². The van der Waals surface area contributed by atoms with Gasteiger partial charge in [0.1, 0.15) is 0 Å². The Bertz CT molecular complexity index is 986. The molecule has 0 unspecified atom stereocenters. The molecule has 2 aromatic carbocycles. The van der Waals surface area contributed by atoms with E-state index in [1.807, 2.05) is 45.0 Å². The van der Waals surface area contributed by atoms with Crippen molar-refractivity contribution in [1.29, 1.82) is 0 Å². The second-order valence-electron chi connectivity index (χ2n) is 7.58. The van der Waals surface area contributed by atoms with E-state index in [1.54, 1.807) is 19.1 Å². The van der Waals surface area contributed by atoms with Gasteiger partial charge in [0.25, 0.3) is 5.91 Å². The Morgan fingerprint density at radius 2 is 1.48 bits per heavy atom. The maximum atomic E-state index is 12.8. The maximum Gasteiger partial charge on any atom is 0.271 e. The van der Waals surface area contributed by atoms with Crippen molar-refractivity contribution >= 4 is 23.2 Å². The molecule has 0 saturated heterocycles. The lowest BCUT2D eigenvalue weighted by molar-refractivity contribution is -0.117. The Kier molecular flexibility index (Phi) is 8.29. The van der Waals surface area contributed by atoms with Crippen LogP contribution in [0.15, 0.2) is 41.5 Å².